The van der Waals surface area contributed by atoms with Gasteiger partial charge in [-0.3, -0.25) is 0 Å². The first kappa shape index (κ1) is 11.6. The maximum Gasteiger partial charge on any atom is 0.135 e. The zero-order chi connectivity index (χ0) is 11.4. The Labute approximate surface area is 96.6 Å². The average Bonchev–Trinajstić information content (AvgIpc) is 2.80. The molecule has 0 aromatic carbocycles. The fourth-order valence-corrected chi connectivity index (χ4v) is 2.59. The van der Waals surface area contributed by atoms with Gasteiger partial charge in [0.1, 0.15) is 11.9 Å². The van der Waals surface area contributed by atoms with Gasteiger partial charge in [-0.2, -0.15) is 0 Å². The van der Waals surface area contributed by atoms with Crippen LogP contribution in [0.25, 0.3) is 0 Å². The molecular formula is C12H21N3O. The highest BCUT2D eigenvalue weighted by Gasteiger charge is 2.26. The van der Waals surface area contributed by atoms with Crippen LogP contribution in [0, 0.1) is 5.92 Å². The van der Waals surface area contributed by atoms with Gasteiger partial charge >= 0.3 is 0 Å². The number of rotatable bonds is 4. The molecule has 1 heterocycles. The van der Waals surface area contributed by atoms with E-state index in [1.54, 1.807) is 7.11 Å². The summed E-state index contributed by atoms with van der Waals surface area (Å²) < 4.78 is 5.60. The van der Waals surface area contributed by atoms with Gasteiger partial charge < -0.3 is 15.5 Å². The topological polar surface area (TPSA) is 63.9 Å². The van der Waals surface area contributed by atoms with E-state index in [0.717, 1.165) is 11.5 Å². The summed E-state index contributed by atoms with van der Waals surface area (Å²) in [7, 11) is 1.77. The number of methoxy groups -OCH3 is 1. The number of aromatic amines is 1. The van der Waals surface area contributed by atoms with Crippen LogP contribution in [0.4, 0.5) is 0 Å². The highest BCUT2D eigenvalue weighted by Crippen LogP contribution is 2.35. The Bertz CT molecular complexity index is 318. The van der Waals surface area contributed by atoms with Gasteiger partial charge in [0.25, 0.3) is 0 Å². The van der Waals surface area contributed by atoms with Gasteiger partial charge in [-0.15, -0.1) is 0 Å². The normalized spacial score (nSPS) is 19.9. The van der Waals surface area contributed by atoms with Gasteiger partial charge in [0.2, 0.25) is 0 Å². The van der Waals surface area contributed by atoms with E-state index in [1.807, 2.05) is 6.20 Å². The summed E-state index contributed by atoms with van der Waals surface area (Å²) in [6.07, 6.45) is 8.40. The number of hydrogen-bond donors (Lipinski definition) is 2. The number of H-pyrrole nitrogens is 1. The predicted molar refractivity (Wildman–Crippen MR) is 62.8 cm³/mol. The van der Waals surface area contributed by atoms with E-state index in [4.69, 9.17) is 10.5 Å². The molecule has 3 N–H and O–H groups in total. The van der Waals surface area contributed by atoms with E-state index in [1.165, 1.54) is 32.1 Å². The Balaban J connectivity index is 2.08. The van der Waals surface area contributed by atoms with Gasteiger partial charge in [0.15, 0.2) is 0 Å². The van der Waals surface area contributed by atoms with Crippen LogP contribution in [0.15, 0.2) is 6.20 Å². The Kier molecular flexibility index (Phi) is 3.96. The summed E-state index contributed by atoms with van der Waals surface area (Å²) in [4.78, 5) is 7.62. The lowest BCUT2D eigenvalue weighted by molar-refractivity contribution is 0.0294. The molecule has 1 aliphatic rings. The quantitative estimate of drug-likeness (QED) is 0.822. The van der Waals surface area contributed by atoms with Crippen LogP contribution in [0.1, 0.15) is 49.7 Å². The van der Waals surface area contributed by atoms with Crippen molar-refractivity contribution in [1.82, 2.24) is 9.97 Å². The molecule has 0 bridgehead atoms. The lowest BCUT2D eigenvalue weighted by atomic mass is 9.85. The molecule has 0 spiro atoms. The third-order valence-corrected chi connectivity index (χ3v) is 3.47. The molecule has 90 valence electrons. The second-order valence-electron chi connectivity index (χ2n) is 4.55. The van der Waals surface area contributed by atoms with Crippen LogP contribution in [0.3, 0.4) is 0 Å². The zero-order valence-corrected chi connectivity index (χ0v) is 9.91. The monoisotopic (exact) mass is 223 g/mol. The van der Waals surface area contributed by atoms with E-state index in [9.17, 15) is 0 Å². The average molecular weight is 223 g/mol. The molecule has 0 aliphatic heterocycles. The highest BCUT2D eigenvalue weighted by molar-refractivity contribution is 5.04. The minimum Gasteiger partial charge on any atom is -0.373 e. The fourth-order valence-electron chi connectivity index (χ4n) is 2.59. The summed E-state index contributed by atoms with van der Waals surface area (Å²) in [5, 5.41) is 0. The van der Waals surface area contributed by atoms with E-state index in [0.29, 0.717) is 12.5 Å². The number of ether oxygens (including phenoxy) is 1. The summed E-state index contributed by atoms with van der Waals surface area (Å²) >= 11 is 0. The minimum absolute atomic E-state index is 0.112. The zero-order valence-electron chi connectivity index (χ0n) is 9.91. The van der Waals surface area contributed by atoms with Crippen LogP contribution in [0.2, 0.25) is 0 Å². The number of nitrogens with one attached hydrogen (secondary N) is 1. The van der Waals surface area contributed by atoms with Crippen LogP contribution >= 0.6 is 0 Å². The number of hydrogen-bond acceptors (Lipinski definition) is 3. The van der Waals surface area contributed by atoms with Crippen LogP contribution in [0.5, 0.6) is 0 Å². The van der Waals surface area contributed by atoms with Gasteiger partial charge in [-0.1, -0.05) is 19.3 Å². The molecule has 1 atom stereocenters. The molecule has 4 heteroatoms. The summed E-state index contributed by atoms with van der Waals surface area (Å²) in [6.45, 7) is 0.508. The first-order chi connectivity index (χ1) is 7.85. The lowest BCUT2D eigenvalue weighted by Gasteiger charge is -2.27. The first-order valence-corrected chi connectivity index (χ1v) is 6.11. The van der Waals surface area contributed by atoms with Crippen molar-refractivity contribution in [3.05, 3.63) is 17.7 Å². The molecule has 1 aromatic heterocycles. The van der Waals surface area contributed by atoms with E-state index in [2.05, 4.69) is 9.97 Å². The lowest BCUT2D eigenvalue weighted by Crippen LogP contribution is -2.19. The Hall–Kier alpha value is -0.870. The maximum absolute atomic E-state index is 5.60. The number of nitrogens with zero attached hydrogens (tertiary/aromatic N) is 1. The second kappa shape index (κ2) is 5.46. The van der Waals surface area contributed by atoms with Crippen molar-refractivity contribution < 1.29 is 4.74 Å². The van der Waals surface area contributed by atoms with Crippen molar-refractivity contribution >= 4 is 0 Å². The van der Waals surface area contributed by atoms with Crippen LogP contribution < -0.4 is 5.73 Å². The van der Waals surface area contributed by atoms with Gasteiger partial charge in [0, 0.05) is 25.5 Å². The van der Waals surface area contributed by atoms with E-state index < -0.39 is 0 Å². The molecule has 1 saturated carbocycles. The number of imidazole rings is 1. The van der Waals surface area contributed by atoms with Crippen LogP contribution in [-0.4, -0.2) is 17.1 Å². The molecule has 1 aromatic rings. The summed E-state index contributed by atoms with van der Waals surface area (Å²) in [5.74, 6) is 1.55. The molecule has 0 saturated heterocycles. The van der Waals surface area contributed by atoms with Gasteiger partial charge in [-0.25, -0.2) is 4.98 Å². The standard InChI is InChI=1S/C12H21N3O/c1-16-11(9-5-3-2-4-6-9)12-14-8-10(7-13)15-12/h8-9,11H,2-7,13H2,1H3,(H,14,15). The number of nitrogens with two attached hydrogens (primary N) is 1. The molecule has 4 nitrogen and oxygen atoms in total. The second-order valence-corrected chi connectivity index (χ2v) is 4.55. The van der Waals surface area contributed by atoms with Crippen molar-refractivity contribution in [1.29, 1.82) is 0 Å². The first-order valence-electron chi connectivity index (χ1n) is 6.11. The molecule has 1 unspecified atom stereocenters. The van der Waals surface area contributed by atoms with E-state index >= 15 is 0 Å². The van der Waals surface area contributed by atoms with Gasteiger partial charge in [0.05, 0.1) is 0 Å². The summed E-state index contributed by atoms with van der Waals surface area (Å²) in [5.41, 5.74) is 6.55. The maximum atomic E-state index is 5.60. The smallest absolute Gasteiger partial charge is 0.135 e. The fraction of sp³-hybridized carbons (Fsp3) is 0.750. The molecule has 16 heavy (non-hydrogen) atoms. The SMILES string of the molecule is COC(c1ncc(CN)[nH]1)C1CCCCC1. The van der Waals surface area contributed by atoms with Crippen LogP contribution in [-0.2, 0) is 11.3 Å². The molecule has 1 fully saturated rings. The minimum atomic E-state index is 0.112. The Morgan fingerprint density at radius 2 is 2.25 bits per heavy atom. The third kappa shape index (κ3) is 2.44. The third-order valence-electron chi connectivity index (χ3n) is 3.47. The number of aromatic nitrogens is 2. The highest BCUT2D eigenvalue weighted by atomic mass is 16.5. The molecular weight excluding hydrogens is 202 g/mol. The van der Waals surface area contributed by atoms with Crippen molar-refractivity contribution in [2.24, 2.45) is 11.7 Å². The molecule has 0 amide bonds. The van der Waals surface area contributed by atoms with E-state index in [-0.39, 0.29) is 6.10 Å². The van der Waals surface area contributed by atoms with Crippen molar-refractivity contribution in [2.45, 2.75) is 44.8 Å². The van der Waals surface area contributed by atoms with Crippen molar-refractivity contribution in [2.75, 3.05) is 7.11 Å². The summed E-state index contributed by atoms with van der Waals surface area (Å²) in [6, 6.07) is 0. The molecule has 1 aliphatic carbocycles. The molecule has 0 radical (unpaired) electrons. The largest absolute Gasteiger partial charge is 0.373 e. The van der Waals surface area contributed by atoms with Crippen molar-refractivity contribution in [3.8, 4) is 0 Å². The predicted octanol–water partition coefficient (Wildman–Crippen LogP) is 2.14. The van der Waals surface area contributed by atoms with Gasteiger partial charge in [-0.05, 0) is 18.8 Å². The molecule has 2 rings (SSSR count). The van der Waals surface area contributed by atoms with Crippen molar-refractivity contribution in [3.63, 3.8) is 0 Å². The Morgan fingerprint density at radius 1 is 1.50 bits per heavy atom. The Morgan fingerprint density at radius 3 is 2.81 bits per heavy atom.